The quantitative estimate of drug-likeness (QED) is 0.249. The van der Waals surface area contributed by atoms with Crippen molar-refractivity contribution in [2.45, 2.75) is 35.9 Å². The Kier molecular flexibility index (Phi) is 8.51. The van der Waals surface area contributed by atoms with Crippen LogP contribution < -0.4 is 20.8 Å². The number of carbonyl (C=O) groups excluding carboxylic acids is 1. The van der Waals surface area contributed by atoms with Gasteiger partial charge in [-0.1, -0.05) is 29.3 Å². The number of aliphatic carboxylic acids is 1. The number of imidazole rings is 1. The summed E-state index contributed by atoms with van der Waals surface area (Å²) in [5.41, 5.74) is 2.76. The van der Waals surface area contributed by atoms with Gasteiger partial charge in [-0.15, -0.1) is 0 Å². The summed E-state index contributed by atoms with van der Waals surface area (Å²) in [5, 5.41) is 14.6. The Morgan fingerprint density at radius 1 is 1.30 bits per heavy atom. The molecule has 1 amide bonds. The predicted octanol–water partition coefficient (Wildman–Crippen LogP) is 0.729. The van der Waals surface area contributed by atoms with Crippen molar-refractivity contribution in [3.8, 4) is 0 Å². The van der Waals surface area contributed by atoms with Crippen molar-refractivity contribution in [3.05, 3.63) is 40.6 Å². The van der Waals surface area contributed by atoms with Gasteiger partial charge >= 0.3 is 5.97 Å². The summed E-state index contributed by atoms with van der Waals surface area (Å²) in [7, 11) is -4.37. The Morgan fingerprint density at radius 2 is 2.03 bits per heavy atom. The second-order valence-corrected chi connectivity index (χ2v) is 9.58. The average Bonchev–Trinajstić information content (AvgIpc) is 3.43. The van der Waals surface area contributed by atoms with Gasteiger partial charge in [0.1, 0.15) is 10.9 Å². The van der Waals surface area contributed by atoms with Gasteiger partial charge in [0.05, 0.1) is 10.0 Å². The maximum atomic E-state index is 12.6. The van der Waals surface area contributed by atoms with Crippen LogP contribution in [0.15, 0.2) is 35.5 Å². The van der Waals surface area contributed by atoms with Crippen molar-refractivity contribution in [3.63, 3.8) is 0 Å². The van der Waals surface area contributed by atoms with Crippen LogP contribution in [0.3, 0.4) is 0 Å². The molecule has 3 unspecified atom stereocenters. The third-order valence-electron chi connectivity index (χ3n) is 4.72. The van der Waals surface area contributed by atoms with Crippen molar-refractivity contribution < 1.29 is 28.0 Å². The average molecular weight is 521 g/mol. The minimum atomic E-state index is -4.37. The number of hydrogen-bond donors (Lipinski definition) is 6. The number of carboxylic acids is 1. The molecule has 180 valence electrons. The van der Waals surface area contributed by atoms with Gasteiger partial charge < -0.3 is 20.7 Å². The van der Waals surface area contributed by atoms with Crippen LogP contribution in [-0.2, 0) is 24.4 Å². The van der Waals surface area contributed by atoms with E-state index in [0.717, 1.165) is 0 Å². The number of H-pyrrole nitrogens is 1. The molecule has 0 radical (unpaired) electrons. The van der Waals surface area contributed by atoms with Gasteiger partial charge in [-0.3, -0.25) is 14.4 Å². The smallest absolute Gasteiger partial charge is 0.323 e. The SMILES string of the molecule is O=C(O)C(CNC(=O)C1CC(CCNc2ncc[nH]2)NO1)NS(=O)(=O)c1c(Cl)cccc1Cl. The topological polar surface area (TPSA) is 175 Å². The molecule has 1 aromatic carbocycles. The summed E-state index contributed by atoms with van der Waals surface area (Å²) >= 11 is 11.8. The summed E-state index contributed by atoms with van der Waals surface area (Å²) in [4.78, 5) is 35.8. The van der Waals surface area contributed by atoms with Crippen LogP contribution in [0, 0.1) is 0 Å². The first-order chi connectivity index (χ1) is 15.7. The zero-order chi connectivity index (χ0) is 24.0. The fourth-order valence-corrected chi connectivity index (χ4v) is 5.41. The number of carbonyl (C=O) groups is 2. The molecule has 1 saturated heterocycles. The van der Waals surface area contributed by atoms with Gasteiger partial charge in [0.15, 0.2) is 12.1 Å². The first-order valence-corrected chi connectivity index (χ1v) is 12.0. The van der Waals surface area contributed by atoms with Crippen LogP contribution in [-0.4, -0.2) is 66.6 Å². The van der Waals surface area contributed by atoms with Crippen LogP contribution in [0.5, 0.6) is 0 Å². The van der Waals surface area contributed by atoms with E-state index < -0.39 is 45.5 Å². The maximum Gasteiger partial charge on any atom is 0.323 e. The molecule has 3 atom stereocenters. The minimum Gasteiger partial charge on any atom is -0.480 e. The van der Waals surface area contributed by atoms with E-state index in [1.54, 1.807) is 12.4 Å². The lowest BCUT2D eigenvalue weighted by atomic mass is 10.1. The van der Waals surface area contributed by atoms with E-state index in [0.29, 0.717) is 25.3 Å². The second kappa shape index (κ2) is 11.1. The third kappa shape index (κ3) is 6.79. The molecule has 3 rings (SSSR count). The number of aromatic amines is 1. The van der Waals surface area contributed by atoms with Crippen molar-refractivity contribution in [1.82, 2.24) is 25.5 Å². The number of halogens is 2. The van der Waals surface area contributed by atoms with E-state index in [2.05, 4.69) is 26.1 Å². The van der Waals surface area contributed by atoms with Gasteiger partial charge in [-0.25, -0.2) is 13.4 Å². The Morgan fingerprint density at radius 3 is 2.67 bits per heavy atom. The lowest BCUT2D eigenvalue weighted by Gasteiger charge is -2.17. The molecular weight excluding hydrogens is 499 g/mol. The highest BCUT2D eigenvalue weighted by atomic mass is 35.5. The zero-order valence-corrected chi connectivity index (χ0v) is 19.4. The van der Waals surface area contributed by atoms with Gasteiger partial charge in [-0.05, 0) is 18.6 Å². The highest BCUT2D eigenvalue weighted by Gasteiger charge is 2.33. The molecule has 12 nitrogen and oxygen atoms in total. The van der Waals surface area contributed by atoms with Gasteiger partial charge in [0, 0.05) is 37.9 Å². The number of nitrogens with zero attached hydrogens (tertiary/aromatic N) is 1. The number of amides is 1. The summed E-state index contributed by atoms with van der Waals surface area (Å²) in [6.07, 6.45) is 3.44. The lowest BCUT2D eigenvalue weighted by molar-refractivity contribution is -0.139. The molecule has 0 spiro atoms. The molecule has 0 bridgehead atoms. The van der Waals surface area contributed by atoms with E-state index in [9.17, 15) is 23.1 Å². The summed E-state index contributed by atoms with van der Waals surface area (Å²) in [6, 6.07) is 2.30. The minimum absolute atomic E-state index is 0.112. The van der Waals surface area contributed by atoms with Crippen molar-refractivity contribution >= 4 is 51.0 Å². The van der Waals surface area contributed by atoms with Crippen molar-refractivity contribution in [2.75, 3.05) is 18.4 Å². The highest BCUT2D eigenvalue weighted by molar-refractivity contribution is 7.89. The molecule has 1 aliphatic rings. The number of hydrogen-bond acceptors (Lipinski definition) is 8. The number of hydroxylamine groups is 1. The van der Waals surface area contributed by atoms with Crippen LogP contribution in [0.4, 0.5) is 5.95 Å². The number of sulfonamides is 1. The first kappa shape index (κ1) is 25.2. The normalized spacial score (nSPS) is 19.2. The second-order valence-electron chi connectivity index (χ2n) is 7.12. The zero-order valence-electron chi connectivity index (χ0n) is 17.0. The molecule has 0 aliphatic carbocycles. The molecule has 1 aliphatic heterocycles. The molecule has 1 fully saturated rings. The first-order valence-electron chi connectivity index (χ1n) is 9.78. The fraction of sp³-hybridized carbons (Fsp3) is 0.389. The Hall–Kier alpha value is -2.42. The van der Waals surface area contributed by atoms with E-state index in [-0.39, 0.29) is 16.1 Å². The number of anilines is 1. The van der Waals surface area contributed by atoms with Crippen molar-refractivity contribution in [1.29, 1.82) is 0 Å². The monoisotopic (exact) mass is 520 g/mol. The molecule has 2 heterocycles. The molecule has 33 heavy (non-hydrogen) atoms. The number of carboxylic acid groups (broad SMARTS) is 1. The molecule has 1 aromatic heterocycles. The number of nitrogens with one attached hydrogen (secondary N) is 5. The highest BCUT2D eigenvalue weighted by Crippen LogP contribution is 2.28. The van der Waals surface area contributed by atoms with E-state index >= 15 is 0 Å². The van der Waals surface area contributed by atoms with Gasteiger partial charge in [-0.2, -0.15) is 10.2 Å². The summed E-state index contributed by atoms with van der Waals surface area (Å²) < 4.78 is 27.2. The predicted molar refractivity (Wildman–Crippen MR) is 119 cm³/mol. The van der Waals surface area contributed by atoms with Crippen molar-refractivity contribution in [2.24, 2.45) is 0 Å². The molecule has 15 heteroatoms. The number of aromatic nitrogens is 2. The van der Waals surface area contributed by atoms with Crippen LogP contribution in [0.2, 0.25) is 10.0 Å². The lowest BCUT2D eigenvalue weighted by Crippen LogP contribution is -2.50. The number of benzene rings is 1. The van der Waals surface area contributed by atoms with Gasteiger partial charge in [0.25, 0.3) is 5.91 Å². The largest absolute Gasteiger partial charge is 0.480 e. The van der Waals surface area contributed by atoms with E-state index in [1.807, 2.05) is 4.72 Å². The molecule has 6 N–H and O–H groups in total. The Bertz CT molecular complexity index is 1060. The van der Waals surface area contributed by atoms with E-state index in [1.165, 1.54) is 18.2 Å². The van der Waals surface area contributed by atoms with E-state index in [4.69, 9.17) is 28.0 Å². The standard InChI is InChI=1S/C18H22Cl2N6O6S/c19-11-2-1-3-12(20)15(11)33(30,31)26-13(17(28)29)9-24-16(27)14-8-10(25-32-14)4-5-21-18-22-6-7-23-18/h1-3,6-7,10,13-14,25-26H,4-5,8-9H2,(H,24,27)(H,28,29)(H2,21,22,23). The maximum absolute atomic E-state index is 12.6. The van der Waals surface area contributed by atoms with Gasteiger partial charge in [0.2, 0.25) is 10.0 Å². The summed E-state index contributed by atoms with van der Waals surface area (Å²) in [5.74, 6) is -1.44. The van der Waals surface area contributed by atoms with Crippen LogP contribution >= 0.6 is 23.2 Å². The number of rotatable bonds is 11. The third-order valence-corrected chi connectivity index (χ3v) is 7.14. The molecule has 0 saturated carbocycles. The van der Waals surface area contributed by atoms with Crippen LogP contribution in [0.1, 0.15) is 12.8 Å². The Labute approximate surface area is 199 Å². The molecule has 2 aromatic rings. The summed E-state index contributed by atoms with van der Waals surface area (Å²) in [6.45, 7) is 0.0659. The van der Waals surface area contributed by atoms with Crippen LogP contribution in [0.25, 0.3) is 0 Å². The molecular formula is C18H22Cl2N6O6S. The fourth-order valence-electron chi connectivity index (χ4n) is 3.08. The Balaban J connectivity index is 1.50.